The summed E-state index contributed by atoms with van der Waals surface area (Å²) in [4.78, 5) is 11.1. The molecule has 0 saturated carbocycles. The maximum Gasteiger partial charge on any atom is 0.220 e. The van der Waals surface area contributed by atoms with Gasteiger partial charge in [-0.3, -0.25) is 4.79 Å². The SMILES string of the molecule is CC(NCC1CCC(=O)N1)c1cc(Br)ccc1F. The van der Waals surface area contributed by atoms with Crippen molar-refractivity contribution < 1.29 is 9.18 Å². The second-order valence-electron chi connectivity index (χ2n) is 4.60. The Kier molecular flexibility index (Phi) is 4.35. The van der Waals surface area contributed by atoms with Gasteiger partial charge in [-0.15, -0.1) is 0 Å². The van der Waals surface area contributed by atoms with E-state index in [4.69, 9.17) is 0 Å². The zero-order valence-electron chi connectivity index (χ0n) is 10.2. The minimum atomic E-state index is -0.214. The fourth-order valence-corrected chi connectivity index (χ4v) is 2.48. The highest BCUT2D eigenvalue weighted by Crippen LogP contribution is 2.21. The van der Waals surface area contributed by atoms with Crippen molar-refractivity contribution in [1.82, 2.24) is 10.6 Å². The fraction of sp³-hybridized carbons (Fsp3) is 0.462. The molecule has 2 unspecified atom stereocenters. The average Bonchev–Trinajstić information content (AvgIpc) is 2.75. The summed E-state index contributed by atoms with van der Waals surface area (Å²) in [5.74, 6) is -0.114. The molecule has 1 heterocycles. The normalized spacial score (nSPS) is 20.8. The average molecular weight is 315 g/mol. The van der Waals surface area contributed by atoms with Crippen LogP contribution in [0.25, 0.3) is 0 Å². The first-order chi connectivity index (χ1) is 8.56. The van der Waals surface area contributed by atoms with Gasteiger partial charge in [0.25, 0.3) is 0 Å². The summed E-state index contributed by atoms with van der Waals surface area (Å²) >= 11 is 3.34. The Balaban J connectivity index is 1.93. The third-order valence-corrected chi connectivity index (χ3v) is 3.67. The highest BCUT2D eigenvalue weighted by atomic mass is 79.9. The van der Waals surface area contributed by atoms with Crippen molar-refractivity contribution >= 4 is 21.8 Å². The Hall–Kier alpha value is -0.940. The first kappa shape index (κ1) is 13.5. The molecule has 2 rings (SSSR count). The van der Waals surface area contributed by atoms with Gasteiger partial charge in [0.1, 0.15) is 5.82 Å². The summed E-state index contributed by atoms with van der Waals surface area (Å²) < 4.78 is 14.5. The maximum atomic E-state index is 13.7. The molecule has 1 saturated heterocycles. The summed E-state index contributed by atoms with van der Waals surface area (Å²) in [6, 6.07) is 4.99. The van der Waals surface area contributed by atoms with Crippen molar-refractivity contribution in [3.63, 3.8) is 0 Å². The molecule has 2 N–H and O–H groups in total. The summed E-state index contributed by atoms with van der Waals surface area (Å²) in [6.45, 7) is 2.58. The van der Waals surface area contributed by atoms with Crippen LogP contribution in [0.15, 0.2) is 22.7 Å². The minimum Gasteiger partial charge on any atom is -0.352 e. The van der Waals surface area contributed by atoms with E-state index < -0.39 is 0 Å². The second kappa shape index (κ2) is 5.80. The van der Waals surface area contributed by atoms with Gasteiger partial charge in [0.05, 0.1) is 0 Å². The molecule has 1 aromatic rings. The van der Waals surface area contributed by atoms with E-state index in [1.807, 2.05) is 6.92 Å². The lowest BCUT2D eigenvalue weighted by molar-refractivity contribution is -0.119. The number of carbonyl (C=O) groups excluding carboxylic acids is 1. The van der Waals surface area contributed by atoms with Gasteiger partial charge in [-0.2, -0.15) is 0 Å². The molecule has 0 bridgehead atoms. The topological polar surface area (TPSA) is 41.1 Å². The molecule has 5 heteroatoms. The van der Waals surface area contributed by atoms with Crippen molar-refractivity contribution in [3.05, 3.63) is 34.1 Å². The monoisotopic (exact) mass is 314 g/mol. The zero-order chi connectivity index (χ0) is 13.1. The number of nitrogens with one attached hydrogen (secondary N) is 2. The molecule has 1 fully saturated rings. The van der Waals surface area contributed by atoms with E-state index >= 15 is 0 Å². The molecule has 98 valence electrons. The summed E-state index contributed by atoms with van der Waals surface area (Å²) in [6.07, 6.45) is 1.44. The highest BCUT2D eigenvalue weighted by Gasteiger charge is 2.21. The predicted molar refractivity (Wildman–Crippen MR) is 71.7 cm³/mol. The van der Waals surface area contributed by atoms with Crippen LogP contribution in [0.3, 0.4) is 0 Å². The Labute approximate surface area is 114 Å². The van der Waals surface area contributed by atoms with Crippen molar-refractivity contribution in [1.29, 1.82) is 0 Å². The highest BCUT2D eigenvalue weighted by molar-refractivity contribution is 9.10. The van der Waals surface area contributed by atoms with Crippen LogP contribution < -0.4 is 10.6 Å². The molecule has 3 nitrogen and oxygen atoms in total. The number of hydrogen-bond acceptors (Lipinski definition) is 2. The molecule has 0 spiro atoms. The number of hydrogen-bond donors (Lipinski definition) is 2. The van der Waals surface area contributed by atoms with Crippen LogP contribution in [0.5, 0.6) is 0 Å². The Bertz CT molecular complexity index is 453. The predicted octanol–water partition coefficient (Wildman–Crippen LogP) is 2.52. The van der Waals surface area contributed by atoms with Crippen LogP contribution >= 0.6 is 15.9 Å². The van der Waals surface area contributed by atoms with Gasteiger partial charge in [0.15, 0.2) is 0 Å². The quantitative estimate of drug-likeness (QED) is 0.896. The lowest BCUT2D eigenvalue weighted by atomic mass is 10.1. The lowest BCUT2D eigenvalue weighted by Gasteiger charge is -2.18. The Morgan fingerprint density at radius 1 is 1.61 bits per heavy atom. The van der Waals surface area contributed by atoms with E-state index in [1.165, 1.54) is 6.07 Å². The van der Waals surface area contributed by atoms with Gasteiger partial charge in [-0.1, -0.05) is 15.9 Å². The van der Waals surface area contributed by atoms with Crippen molar-refractivity contribution in [2.24, 2.45) is 0 Å². The van der Waals surface area contributed by atoms with Gasteiger partial charge >= 0.3 is 0 Å². The molecule has 1 aliphatic rings. The third kappa shape index (κ3) is 3.29. The first-order valence-corrected chi connectivity index (χ1v) is 6.83. The van der Waals surface area contributed by atoms with Crippen LogP contribution in [-0.4, -0.2) is 18.5 Å². The largest absolute Gasteiger partial charge is 0.352 e. The summed E-state index contributed by atoms with van der Waals surface area (Å²) in [5.41, 5.74) is 0.633. The fourth-order valence-electron chi connectivity index (χ4n) is 2.11. The molecule has 0 radical (unpaired) electrons. The van der Waals surface area contributed by atoms with Crippen LogP contribution in [0.4, 0.5) is 4.39 Å². The molecular weight excluding hydrogens is 299 g/mol. The molecule has 18 heavy (non-hydrogen) atoms. The molecule has 1 aromatic carbocycles. The van der Waals surface area contributed by atoms with Crippen LogP contribution in [0, 0.1) is 5.82 Å². The first-order valence-electron chi connectivity index (χ1n) is 6.04. The van der Waals surface area contributed by atoms with E-state index in [2.05, 4.69) is 26.6 Å². The van der Waals surface area contributed by atoms with Crippen LogP contribution in [0.2, 0.25) is 0 Å². The minimum absolute atomic E-state index is 0.0833. The molecule has 2 atom stereocenters. The smallest absolute Gasteiger partial charge is 0.220 e. The molecule has 0 aromatic heterocycles. The number of halogens is 2. The lowest BCUT2D eigenvalue weighted by Crippen LogP contribution is -2.36. The van der Waals surface area contributed by atoms with Crippen LogP contribution in [0.1, 0.15) is 31.4 Å². The summed E-state index contributed by atoms with van der Waals surface area (Å²) in [5, 5.41) is 6.14. The molecule has 1 amide bonds. The standard InChI is InChI=1S/C13H16BrFN2O/c1-8(11-6-9(14)2-4-12(11)15)16-7-10-3-5-13(18)17-10/h2,4,6,8,10,16H,3,5,7H2,1H3,(H,17,18). The number of carbonyl (C=O) groups is 1. The molecule has 0 aliphatic carbocycles. The van der Waals surface area contributed by atoms with Gasteiger partial charge in [-0.05, 0) is 31.5 Å². The number of rotatable bonds is 4. The van der Waals surface area contributed by atoms with Gasteiger partial charge in [0, 0.05) is 35.1 Å². The maximum absolute atomic E-state index is 13.7. The van der Waals surface area contributed by atoms with Crippen molar-refractivity contribution in [3.8, 4) is 0 Å². The van der Waals surface area contributed by atoms with Gasteiger partial charge in [0.2, 0.25) is 5.91 Å². The van der Waals surface area contributed by atoms with E-state index in [0.717, 1.165) is 10.9 Å². The Morgan fingerprint density at radius 2 is 2.39 bits per heavy atom. The van der Waals surface area contributed by atoms with Gasteiger partial charge in [-0.25, -0.2) is 4.39 Å². The third-order valence-electron chi connectivity index (χ3n) is 3.18. The van der Waals surface area contributed by atoms with Crippen molar-refractivity contribution in [2.75, 3.05) is 6.54 Å². The zero-order valence-corrected chi connectivity index (χ0v) is 11.8. The van der Waals surface area contributed by atoms with Crippen molar-refractivity contribution in [2.45, 2.75) is 31.8 Å². The Morgan fingerprint density at radius 3 is 3.06 bits per heavy atom. The molecular formula is C13H16BrFN2O. The van der Waals surface area contributed by atoms with Gasteiger partial charge < -0.3 is 10.6 Å². The second-order valence-corrected chi connectivity index (χ2v) is 5.51. The van der Waals surface area contributed by atoms with E-state index in [9.17, 15) is 9.18 Å². The summed E-state index contributed by atoms with van der Waals surface area (Å²) in [7, 11) is 0. The van der Waals surface area contributed by atoms with E-state index in [0.29, 0.717) is 18.5 Å². The van der Waals surface area contributed by atoms with E-state index in [-0.39, 0.29) is 23.8 Å². The van der Waals surface area contributed by atoms with Crippen LogP contribution in [-0.2, 0) is 4.79 Å². The molecule has 1 aliphatic heterocycles. The van der Waals surface area contributed by atoms with E-state index in [1.54, 1.807) is 12.1 Å². The number of benzene rings is 1. The number of amides is 1.